The Balaban J connectivity index is 1.70. The minimum atomic E-state index is -0.952. The zero-order valence-electron chi connectivity index (χ0n) is 13.7. The fourth-order valence-corrected chi connectivity index (χ4v) is 3.85. The van der Waals surface area contributed by atoms with Crippen molar-refractivity contribution in [1.29, 1.82) is 0 Å². The summed E-state index contributed by atoms with van der Waals surface area (Å²) in [5.41, 5.74) is 1.48. The normalized spacial score (nSPS) is 19.4. The van der Waals surface area contributed by atoms with Crippen molar-refractivity contribution in [3.63, 3.8) is 0 Å². The van der Waals surface area contributed by atoms with Gasteiger partial charge in [0.05, 0.1) is 16.8 Å². The van der Waals surface area contributed by atoms with Crippen LogP contribution < -0.4 is 5.32 Å². The highest BCUT2D eigenvalue weighted by molar-refractivity contribution is 7.11. The van der Waals surface area contributed by atoms with E-state index in [1.807, 2.05) is 66.2 Å². The van der Waals surface area contributed by atoms with Crippen molar-refractivity contribution in [2.24, 2.45) is 0 Å². The fourth-order valence-electron chi connectivity index (χ4n) is 3.13. The number of hydrogen-bond acceptors (Lipinski definition) is 5. The Bertz CT molecular complexity index is 974. The first-order valence-electron chi connectivity index (χ1n) is 8.21. The Morgan fingerprint density at radius 3 is 2.69 bits per heavy atom. The maximum absolute atomic E-state index is 6.59. The number of aromatic amines is 1. The van der Waals surface area contributed by atoms with Crippen LogP contribution in [-0.4, -0.2) is 9.97 Å². The van der Waals surface area contributed by atoms with Crippen LogP contribution in [0.25, 0.3) is 11.5 Å². The fraction of sp³-hybridized carbons (Fsp3) is 0.0500. The number of furan rings is 1. The zero-order valence-corrected chi connectivity index (χ0v) is 14.5. The molecular weight excluding hydrogens is 346 g/mol. The van der Waals surface area contributed by atoms with E-state index >= 15 is 0 Å². The molecule has 4 aromatic heterocycles. The van der Waals surface area contributed by atoms with Crippen molar-refractivity contribution >= 4 is 22.8 Å². The lowest BCUT2D eigenvalue weighted by atomic mass is 10.0. The summed E-state index contributed by atoms with van der Waals surface area (Å²) in [6.45, 7) is 0. The van der Waals surface area contributed by atoms with Gasteiger partial charge in [-0.1, -0.05) is 12.1 Å². The number of ether oxygens (including phenoxy) is 1. The lowest BCUT2D eigenvalue weighted by molar-refractivity contribution is 0.0714. The van der Waals surface area contributed by atoms with Gasteiger partial charge in [0.2, 0.25) is 0 Å². The SMILES string of the molecule is c1ccc(C2(c3ccc[nH]3)NC(c3ccco3)=C(c3cccs3)O2)nc1. The molecule has 1 atom stereocenters. The average molecular weight is 361 g/mol. The third-order valence-corrected chi connectivity index (χ3v) is 5.17. The van der Waals surface area contributed by atoms with Gasteiger partial charge in [0, 0.05) is 12.4 Å². The Morgan fingerprint density at radius 1 is 1.00 bits per heavy atom. The summed E-state index contributed by atoms with van der Waals surface area (Å²) in [6.07, 6.45) is 5.30. The van der Waals surface area contributed by atoms with Crippen molar-refractivity contribution < 1.29 is 9.15 Å². The Kier molecular flexibility index (Phi) is 3.43. The van der Waals surface area contributed by atoms with Gasteiger partial charge in [-0.25, -0.2) is 0 Å². The molecule has 26 heavy (non-hydrogen) atoms. The second-order valence-corrected chi connectivity index (χ2v) is 6.81. The Hall–Kier alpha value is -3.25. The summed E-state index contributed by atoms with van der Waals surface area (Å²) in [5.74, 6) is 1.47. The van der Waals surface area contributed by atoms with E-state index in [1.165, 1.54) is 0 Å². The van der Waals surface area contributed by atoms with E-state index < -0.39 is 5.72 Å². The van der Waals surface area contributed by atoms with E-state index in [0.29, 0.717) is 0 Å². The first kappa shape index (κ1) is 15.0. The van der Waals surface area contributed by atoms with E-state index in [-0.39, 0.29) is 0 Å². The summed E-state index contributed by atoms with van der Waals surface area (Å²) < 4.78 is 12.3. The van der Waals surface area contributed by atoms with Crippen molar-refractivity contribution in [1.82, 2.24) is 15.3 Å². The highest BCUT2D eigenvalue weighted by Gasteiger charge is 2.47. The van der Waals surface area contributed by atoms with Gasteiger partial charge in [-0.3, -0.25) is 4.98 Å². The van der Waals surface area contributed by atoms with Crippen molar-refractivity contribution in [3.05, 3.63) is 101 Å². The molecule has 5 nitrogen and oxygen atoms in total. The molecule has 0 aliphatic carbocycles. The number of aromatic nitrogens is 2. The maximum Gasteiger partial charge on any atom is 0.265 e. The quantitative estimate of drug-likeness (QED) is 0.565. The lowest BCUT2D eigenvalue weighted by Crippen LogP contribution is -2.41. The van der Waals surface area contributed by atoms with Crippen LogP contribution in [-0.2, 0) is 10.5 Å². The van der Waals surface area contributed by atoms with Gasteiger partial charge in [0.1, 0.15) is 11.4 Å². The summed E-state index contributed by atoms with van der Waals surface area (Å²) in [6, 6.07) is 17.5. The van der Waals surface area contributed by atoms with Crippen LogP contribution in [0.5, 0.6) is 0 Å². The molecule has 5 heterocycles. The van der Waals surface area contributed by atoms with Crippen LogP contribution in [0.3, 0.4) is 0 Å². The predicted molar refractivity (Wildman–Crippen MR) is 99.9 cm³/mol. The Morgan fingerprint density at radius 2 is 2.00 bits per heavy atom. The van der Waals surface area contributed by atoms with Crippen molar-refractivity contribution in [3.8, 4) is 0 Å². The average Bonchev–Trinajstić information content (AvgIpc) is 3.49. The standard InChI is InChI=1S/C20H15N3O2S/c1-2-10-21-16(8-1)20(17-9-3-11-22-17)23-18(14-6-4-12-24-14)19(25-20)15-7-5-13-26-15/h1-13,22-23H. The molecule has 0 spiro atoms. The van der Waals surface area contributed by atoms with Gasteiger partial charge in [-0.15, -0.1) is 11.3 Å². The molecular formula is C20H15N3O2S. The number of pyridine rings is 1. The topological polar surface area (TPSA) is 63.1 Å². The zero-order chi connectivity index (χ0) is 17.4. The number of nitrogens with one attached hydrogen (secondary N) is 2. The highest BCUT2D eigenvalue weighted by atomic mass is 32.1. The number of hydrogen-bond donors (Lipinski definition) is 2. The molecule has 0 aromatic carbocycles. The first-order chi connectivity index (χ1) is 12.9. The largest absolute Gasteiger partial charge is 0.463 e. The summed E-state index contributed by atoms with van der Waals surface area (Å²) >= 11 is 1.62. The van der Waals surface area contributed by atoms with E-state index in [2.05, 4.69) is 15.3 Å². The second kappa shape index (κ2) is 5.93. The van der Waals surface area contributed by atoms with E-state index in [9.17, 15) is 0 Å². The van der Waals surface area contributed by atoms with Gasteiger partial charge < -0.3 is 19.5 Å². The number of H-pyrrole nitrogens is 1. The minimum absolute atomic E-state index is 0.720. The monoisotopic (exact) mass is 361 g/mol. The summed E-state index contributed by atoms with van der Waals surface area (Å²) in [4.78, 5) is 8.85. The van der Waals surface area contributed by atoms with Crippen LogP contribution in [0.15, 0.2) is 83.1 Å². The number of thiophene rings is 1. The summed E-state index contributed by atoms with van der Waals surface area (Å²) in [7, 11) is 0. The third-order valence-electron chi connectivity index (χ3n) is 4.30. The molecule has 1 aliphatic rings. The van der Waals surface area contributed by atoms with Gasteiger partial charge in [-0.2, -0.15) is 0 Å². The maximum atomic E-state index is 6.59. The highest BCUT2D eigenvalue weighted by Crippen LogP contribution is 2.45. The van der Waals surface area contributed by atoms with E-state index in [1.54, 1.807) is 23.8 Å². The number of nitrogens with zero attached hydrogens (tertiary/aromatic N) is 1. The molecule has 128 valence electrons. The van der Waals surface area contributed by atoms with Crippen molar-refractivity contribution in [2.75, 3.05) is 0 Å². The van der Waals surface area contributed by atoms with Crippen LogP contribution in [0.1, 0.15) is 22.0 Å². The molecule has 0 fully saturated rings. The van der Waals surface area contributed by atoms with Gasteiger partial charge in [-0.05, 0) is 47.8 Å². The lowest BCUT2D eigenvalue weighted by Gasteiger charge is -2.28. The molecule has 6 heteroatoms. The van der Waals surface area contributed by atoms with Crippen LogP contribution in [0.2, 0.25) is 0 Å². The second-order valence-electron chi connectivity index (χ2n) is 5.87. The molecule has 1 aliphatic heterocycles. The van der Waals surface area contributed by atoms with Crippen LogP contribution in [0, 0.1) is 0 Å². The molecule has 0 saturated carbocycles. The Labute approximate surface area is 154 Å². The van der Waals surface area contributed by atoms with Crippen molar-refractivity contribution in [2.45, 2.75) is 5.72 Å². The third kappa shape index (κ3) is 2.27. The summed E-state index contributed by atoms with van der Waals surface area (Å²) in [5, 5.41) is 5.57. The minimum Gasteiger partial charge on any atom is -0.463 e. The molecule has 5 rings (SSSR count). The molecule has 4 aromatic rings. The predicted octanol–water partition coefficient (Wildman–Crippen LogP) is 4.41. The van der Waals surface area contributed by atoms with Gasteiger partial charge in [0.25, 0.3) is 5.72 Å². The molecule has 0 bridgehead atoms. The van der Waals surface area contributed by atoms with Gasteiger partial charge >= 0.3 is 0 Å². The smallest absolute Gasteiger partial charge is 0.265 e. The first-order valence-corrected chi connectivity index (χ1v) is 9.09. The van der Waals surface area contributed by atoms with Gasteiger partial charge in [0.15, 0.2) is 11.5 Å². The molecule has 0 radical (unpaired) electrons. The molecule has 0 amide bonds. The molecule has 1 unspecified atom stereocenters. The number of rotatable bonds is 4. The van der Waals surface area contributed by atoms with E-state index in [4.69, 9.17) is 9.15 Å². The molecule has 2 N–H and O–H groups in total. The van der Waals surface area contributed by atoms with Crippen LogP contribution in [0.4, 0.5) is 0 Å². The van der Waals surface area contributed by atoms with Crippen LogP contribution >= 0.6 is 11.3 Å². The van der Waals surface area contributed by atoms with E-state index in [0.717, 1.165) is 33.5 Å². The molecule has 0 saturated heterocycles.